The van der Waals surface area contributed by atoms with E-state index in [1.54, 1.807) is 6.92 Å². The average molecular weight is 226 g/mol. The van der Waals surface area contributed by atoms with Gasteiger partial charge in [0.25, 0.3) is 10.2 Å². The Morgan fingerprint density at radius 2 is 2.14 bits per heavy atom. The molecule has 0 spiro atoms. The maximum absolute atomic E-state index is 11.3. The van der Waals surface area contributed by atoms with E-state index < -0.39 is 16.3 Å². The number of rotatable bonds is 7. The van der Waals surface area contributed by atoms with Crippen LogP contribution in [0.4, 0.5) is 0 Å². The molecule has 0 aromatic heterocycles. The number of likely N-dealkylation sites (N-methyl/N-ethyl adjacent to an activating group) is 1. The highest BCUT2D eigenvalue weighted by Gasteiger charge is 2.19. The van der Waals surface area contributed by atoms with Gasteiger partial charge in [-0.2, -0.15) is 12.7 Å². The molecule has 0 amide bonds. The van der Waals surface area contributed by atoms with Crippen molar-refractivity contribution < 1.29 is 18.3 Å². The first-order valence-electron chi connectivity index (χ1n) is 4.32. The monoisotopic (exact) mass is 226 g/mol. The van der Waals surface area contributed by atoms with Crippen molar-refractivity contribution >= 4 is 10.2 Å². The van der Waals surface area contributed by atoms with Gasteiger partial charge in [0.2, 0.25) is 0 Å². The molecule has 0 aromatic rings. The smallest absolute Gasteiger partial charge is 0.279 e. The van der Waals surface area contributed by atoms with Gasteiger partial charge in [0.05, 0.1) is 12.7 Å². The molecule has 0 aliphatic heterocycles. The van der Waals surface area contributed by atoms with E-state index in [4.69, 9.17) is 0 Å². The zero-order valence-electron chi connectivity index (χ0n) is 8.73. The Balaban J connectivity index is 4.12. The van der Waals surface area contributed by atoms with Gasteiger partial charge in [-0.25, -0.2) is 4.72 Å². The first-order valence-corrected chi connectivity index (χ1v) is 5.76. The molecule has 14 heavy (non-hydrogen) atoms. The second-order valence-electron chi connectivity index (χ2n) is 2.89. The van der Waals surface area contributed by atoms with Gasteiger partial charge in [-0.1, -0.05) is 6.92 Å². The first kappa shape index (κ1) is 13.8. The quantitative estimate of drug-likeness (QED) is 0.570. The van der Waals surface area contributed by atoms with Crippen LogP contribution in [0, 0.1) is 0 Å². The average Bonchev–Trinajstić information content (AvgIpc) is 2.04. The molecule has 0 bridgehead atoms. The molecule has 0 aliphatic rings. The number of aliphatic hydroxyl groups excluding tert-OH is 1. The Bertz CT molecular complexity index is 242. The molecule has 0 heterocycles. The number of methoxy groups -OCH3 is 1. The van der Waals surface area contributed by atoms with E-state index in [0.717, 1.165) is 4.31 Å². The normalized spacial score (nSPS) is 14.6. The van der Waals surface area contributed by atoms with Gasteiger partial charge in [-0.15, -0.1) is 0 Å². The van der Waals surface area contributed by atoms with Crippen LogP contribution in [-0.2, 0) is 14.9 Å². The van der Waals surface area contributed by atoms with Crippen LogP contribution in [0.15, 0.2) is 0 Å². The lowest BCUT2D eigenvalue weighted by atomic mass is 10.4. The number of nitrogens with zero attached hydrogens (tertiary/aromatic N) is 1. The van der Waals surface area contributed by atoms with E-state index in [1.807, 2.05) is 0 Å². The predicted molar refractivity (Wildman–Crippen MR) is 53.1 cm³/mol. The van der Waals surface area contributed by atoms with E-state index in [9.17, 15) is 13.5 Å². The van der Waals surface area contributed by atoms with Crippen molar-refractivity contribution in [1.29, 1.82) is 0 Å². The zero-order chi connectivity index (χ0) is 11.2. The summed E-state index contributed by atoms with van der Waals surface area (Å²) in [5, 5.41) is 9.29. The molecule has 0 rings (SSSR count). The summed E-state index contributed by atoms with van der Waals surface area (Å²) in [6, 6.07) is 0. The van der Waals surface area contributed by atoms with E-state index in [-0.39, 0.29) is 13.2 Å². The Labute approximate surface area is 85.0 Å². The number of hydrogen-bond donors (Lipinski definition) is 2. The third-order valence-corrected chi connectivity index (χ3v) is 3.19. The highest BCUT2D eigenvalue weighted by Crippen LogP contribution is 1.96. The van der Waals surface area contributed by atoms with Crippen LogP contribution in [0.3, 0.4) is 0 Å². The van der Waals surface area contributed by atoms with Crippen molar-refractivity contribution in [2.24, 2.45) is 0 Å². The van der Waals surface area contributed by atoms with Gasteiger partial charge in [-0.05, 0) is 0 Å². The maximum atomic E-state index is 11.3. The summed E-state index contributed by atoms with van der Waals surface area (Å²) in [5.74, 6) is 0. The van der Waals surface area contributed by atoms with Crippen LogP contribution in [0.25, 0.3) is 0 Å². The number of nitrogens with one attached hydrogen (secondary N) is 1. The molecule has 1 atom stereocenters. The standard InChI is InChI=1S/C7H18N2O4S/c1-4-8-14(11,12)9(2)5-7(10)6-13-3/h7-8,10H,4-6H2,1-3H3. The molecular weight excluding hydrogens is 208 g/mol. The minimum atomic E-state index is -3.46. The third kappa shape index (κ3) is 4.87. The van der Waals surface area contributed by atoms with Crippen LogP contribution in [0.2, 0.25) is 0 Å². The van der Waals surface area contributed by atoms with Crippen molar-refractivity contribution in [3.05, 3.63) is 0 Å². The summed E-state index contributed by atoms with van der Waals surface area (Å²) in [6.07, 6.45) is -0.807. The summed E-state index contributed by atoms with van der Waals surface area (Å²) in [7, 11) is -0.610. The minimum absolute atomic E-state index is 0.0170. The lowest BCUT2D eigenvalue weighted by Crippen LogP contribution is -2.42. The van der Waals surface area contributed by atoms with Gasteiger partial charge in [0.1, 0.15) is 0 Å². The van der Waals surface area contributed by atoms with Gasteiger partial charge in [0, 0.05) is 27.2 Å². The molecule has 0 aromatic carbocycles. The summed E-state index contributed by atoms with van der Waals surface area (Å²) < 4.78 is 30.7. The molecule has 2 N–H and O–H groups in total. The van der Waals surface area contributed by atoms with E-state index in [0.29, 0.717) is 6.54 Å². The number of aliphatic hydroxyl groups is 1. The largest absolute Gasteiger partial charge is 0.389 e. The summed E-state index contributed by atoms with van der Waals surface area (Å²) in [5.41, 5.74) is 0. The fourth-order valence-electron chi connectivity index (χ4n) is 0.933. The summed E-state index contributed by atoms with van der Waals surface area (Å²) >= 11 is 0. The van der Waals surface area contributed by atoms with E-state index in [2.05, 4.69) is 9.46 Å². The molecule has 0 fully saturated rings. The van der Waals surface area contributed by atoms with Gasteiger partial charge in [0.15, 0.2) is 0 Å². The zero-order valence-corrected chi connectivity index (χ0v) is 9.54. The fourth-order valence-corrected chi connectivity index (χ4v) is 1.89. The van der Waals surface area contributed by atoms with Crippen molar-refractivity contribution in [3.63, 3.8) is 0 Å². The van der Waals surface area contributed by atoms with Crippen molar-refractivity contribution in [2.75, 3.05) is 33.9 Å². The second kappa shape index (κ2) is 6.31. The first-order chi connectivity index (χ1) is 6.44. The topological polar surface area (TPSA) is 78.9 Å². The Morgan fingerprint density at radius 1 is 1.57 bits per heavy atom. The van der Waals surface area contributed by atoms with Crippen molar-refractivity contribution in [1.82, 2.24) is 9.03 Å². The highest BCUT2D eigenvalue weighted by molar-refractivity contribution is 7.87. The lowest BCUT2D eigenvalue weighted by Gasteiger charge is -2.19. The molecule has 6 nitrogen and oxygen atoms in total. The molecular formula is C7H18N2O4S. The van der Waals surface area contributed by atoms with Crippen LogP contribution in [0.5, 0.6) is 0 Å². The second-order valence-corrected chi connectivity index (χ2v) is 4.75. The van der Waals surface area contributed by atoms with Crippen LogP contribution >= 0.6 is 0 Å². The van der Waals surface area contributed by atoms with Crippen molar-refractivity contribution in [3.8, 4) is 0 Å². The van der Waals surface area contributed by atoms with Crippen LogP contribution < -0.4 is 4.72 Å². The van der Waals surface area contributed by atoms with E-state index in [1.165, 1.54) is 14.2 Å². The van der Waals surface area contributed by atoms with Gasteiger partial charge < -0.3 is 9.84 Å². The molecule has 1 unspecified atom stereocenters. The fraction of sp³-hybridized carbons (Fsp3) is 1.00. The SMILES string of the molecule is CCNS(=O)(=O)N(C)CC(O)COC. The Hall–Kier alpha value is -0.210. The highest BCUT2D eigenvalue weighted by atomic mass is 32.2. The molecule has 0 saturated heterocycles. The van der Waals surface area contributed by atoms with E-state index >= 15 is 0 Å². The lowest BCUT2D eigenvalue weighted by molar-refractivity contribution is 0.0552. The Morgan fingerprint density at radius 3 is 2.57 bits per heavy atom. The number of hydrogen-bond acceptors (Lipinski definition) is 4. The molecule has 7 heteroatoms. The maximum Gasteiger partial charge on any atom is 0.279 e. The predicted octanol–water partition coefficient (Wildman–Crippen LogP) is -1.22. The molecule has 0 radical (unpaired) electrons. The van der Waals surface area contributed by atoms with Gasteiger partial charge in [-0.3, -0.25) is 0 Å². The van der Waals surface area contributed by atoms with Crippen molar-refractivity contribution in [2.45, 2.75) is 13.0 Å². The Kier molecular flexibility index (Phi) is 6.21. The molecule has 0 saturated carbocycles. The molecule has 0 aliphatic carbocycles. The summed E-state index contributed by atoms with van der Waals surface area (Å²) in [4.78, 5) is 0. The number of ether oxygens (including phenoxy) is 1. The van der Waals surface area contributed by atoms with Crippen LogP contribution in [0.1, 0.15) is 6.92 Å². The summed E-state index contributed by atoms with van der Waals surface area (Å²) in [6.45, 7) is 2.15. The minimum Gasteiger partial charge on any atom is -0.389 e. The third-order valence-electron chi connectivity index (χ3n) is 1.56. The molecule has 86 valence electrons. The van der Waals surface area contributed by atoms with Crippen LogP contribution in [-0.4, -0.2) is 57.8 Å². The van der Waals surface area contributed by atoms with Gasteiger partial charge >= 0.3 is 0 Å².